The van der Waals surface area contributed by atoms with Gasteiger partial charge in [-0.15, -0.1) is 24.0 Å². The van der Waals surface area contributed by atoms with Gasteiger partial charge in [-0.2, -0.15) is 11.8 Å². The Morgan fingerprint density at radius 1 is 1.47 bits per heavy atom. The molecule has 0 aromatic carbocycles. The first kappa shape index (κ1) is 19.2. The predicted molar refractivity (Wildman–Crippen MR) is 84.3 cm³/mol. The lowest BCUT2D eigenvalue weighted by Gasteiger charge is -2.14. The van der Waals surface area contributed by atoms with E-state index in [-0.39, 0.29) is 35.9 Å². The zero-order chi connectivity index (χ0) is 12.4. The van der Waals surface area contributed by atoms with Gasteiger partial charge in [0.2, 0.25) is 0 Å². The number of hydrogen-bond donors (Lipinski definition) is 2. The van der Waals surface area contributed by atoms with Gasteiger partial charge in [-0.25, -0.2) is 0 Å². The van der Waals surface area contributed by atoms with E-state index in [9.17, 15) is 4.79 Å². The second-order valence-electron chi connectivity index (χ2n) is 3.30. The maximum absolute atomic E-state index is 11.1. The lowest BCUT2D eigenvalue weighted by molar-refractivity contribution is -0.144. The summed E-state index contributed by atoms with van der Waals surface area (Å²) in [5.74, 6) is 1.34. The zero-order valence-corrected chi connectivity index (χ0v) is 13.9. The average Bonchev–Trinajstić information content (AvgIpc) is 2.32. The van der Waals surface area contributed by atoms with E-state index in [0.29, 0.717) is 12.5 Å². The fourth-order valence-corrected chi connectivity index (χ4v) is 1.33. The van der Waals surface area contributed by atoms with E-state index >= 15 is 0 Å². The highest BCUT2D eigenvalue weighted by Gasteiger charge is 2.12. The first-order valence-corrected chi connectivity index (χ1v) is 6.56. The van der Waals surface area contributed by atoms with Crippen molar-refractivity contribution < 1.29 is 9.53 Å². The third-order valence-corrected chi connectivity index (χ3v) is 2.61. The van der Waals surface area contributed by atoms with Crippen LogP contribution in [0.2, 0.25) is 0 Å². The smallest absolute Gasteiger partial charge is 0.310 e. The Labute approximate surface area is 125 Å². The molecule has 0 radical (unpaired) electrons. The van der Waals surface area contributed by atoms with Crippen molar-refractivity contribution in [2.45, 2.75) is 6.92 Å². The number of methoxy groups -OCH3 is 1. The molecule has 0 aromatic heterocycles. The number of hydrogen-bond acceptors (Lipinski definition) is 4. The van der Waals surface area contributed by atoms with Crippen LogP contribution in [0, 0.1) is 5.92 Å². The van der Waals surface area contributed by atoms with Crippen LogP contribution >= 0.6 is 35.7 Å². The normalized spacial score (nSPS) is 12.4. The predicted octanol–water partition coefficient (Wildman–Crippen LogP) is 0.941. The molecule has 2 N–H and O–H groups in total. The molecule has 1 unspecified atom stereocenters. The summed E-state index contributed by atoms with van der Waals surface area (Å²) in [5, 5.41) is 6.22. The van der Waals surface area contributed by atoms with Crippen LogP contribution in [0.25, 0.3) is 0 Å². The largest absolute Gasteiger partial charge is 0.469 e. The van der Waals surface area contributed by atoms with Crippen molar-refractivity contribution >= 4 is 47.7 Å². The van der Waals surface area contributed by atoms with Crippen molar-refractivity contribution in [3.8, 4) is 0 Å². The summed E-state index contributed by atoms with van der Waals surface area (Å²) in [4.78, 5) is 15.2. The molecule has 17 heavy (non-hydrogen) atoms. The Balaban J connectivity index is 0. The molecule has 102 valence electrons. The molecule has 0 amide bonds. The Kier molecular flexibility index (Phi) is 13.8. The quantitative estimate of drug-likeness (QED) is 0.238. The highest BCUT2D eigenvalue weighted by molar-refractivity contribution is 14.0. The molecule has 0 bridgehead atoms. The van der Waals surface area contributed by atoms with Gasteiger partial charge in [0.15, 0.2) is 5.96 Å². The zero-order valence-electron chi connectivity index (χ0n) is 10.8. The Morgan fingerprint density at radius 2 is 2.12 bits per heavy atom. The number of rotatable bonds is 6. The van der Waals surface area contributed by atoms with Crippen LogP contribution in [0.5, 0.6) is 0 Å². The molecular weight excluding hydrogens is 353 g/mol. The second kappa shape index (κ2) is 12.3. The number of guanidine groups is 1. The lowest BCUT2D eigenvalue weighted by atomic mass is 10.2. The first-order valence-electron chi connectivity index (χ1n) is 5.17. The number of esters is 1. The molecule has 0 aliphatic rings. The standard InChI is InChI=1S/C10H21N3O2S.HI/c1-8(9(14)15-3)7-13-10(11-2)12-5-6-16-4;/h8H,5-7H2,1-4H3,(H2,11,12,13);1H. The van der Waals surface area contributed by atoms with Crippen molar-refractivity contribution in [1.82, 2.24) is 10.6 Å². The van der Waals surface area contributed by atoms with E-state index in [0.717, 1.165) is 12.3 Å². The minimum Gasteiger partial charge on any atom is -0.469 e. The molecule has 7 heteroatoms. The number of carbonyl (C=O) groups is 1. The van der Waals surface area contributed by atoms with Gasteiger partial charge in [-0.1, -0.05) is 6.92 Å². The van der Waals surface area contributed by atoms with Crippen molar-refractivity contribution in [3.05, 3.63) is 0 Å². The van der Waals surface area contributed by atoms with Gasteiger partial charge in [0.1, 0.15) is 0 Å². The third-order valence-electron chi connectivity index (χ3n) is 2.00. The van der Waals surface area contributed by atoms with Crippen LogP contribution in [-0.4, -0.2) is 51.2 Å². The van der Waals surface area contributed by atoms with Gasteiger partial charge in [-0.05, 0) is 6.26 Å². The maximum atomic E-state index is 11.1. The number of nitrogens with zero attached hydrogens (tertiary/aromatic N) is 1. The van der Waals surface area contributed by atoms with E-state index < -0.39 is 0 Å². The number of nitrogens with one attached hydrogen (secondary N) is 2. The van der Waals surface area contributed by atoms with Crippen molar-refractivity contribution in [1.29, 1.82) is 0 Å². The second-order valence-corrected chi connectivity index (χ2v) is 4.28. The monoisotopic (exact) mass is 375 g/mol. The van der Waals surface area contributed by atoms with Gasteiger partial charge in [0.05, 0.1) is 13.0 Å². The molecule has 0 rings (SSSR count). The minimum atomic E-state index is -0.216. The fourth-order valence-electron chi connectivity index (χ4n) is 1.03. The molecular formula is C10H22IN3O2S. The van der Waals surface area contributed by atoms with E-state index in [2.05, 4.69) is 26.6 Å². The summed E-state index contributed by atoms with van der Waals surface area (Å²) in [7, 11) is 3.10. The van der Waals surface area contributed by atoms with Crippen molar-refractivity contribution in [2.24, 2.45) is 10.9 Å². The Morgan fingerprint density at radius 3 is 2.59 bits per heavy atom. The number of halogens is 1. The first-order chi connectivity index (χ1) is 7.65. The molecule has 0 spiro atoms. The summed E-state index contributed by atoms with van der Waals surface area (Å²) in [6.45, 7) is 3.19. The molecule has 1 atom stereocenters. The summed E-state index contributed by atoms with van der Waals surface area (Å²) >= 11 is 1.77. The topological polar surface area (TPSA) is 62.7 Å². The minimum absolute atomic E-state index is 0. The Bertz CT molecular complexity index is 240. The van der Waals surface area contributed by atoms with Crippen LogP contribution in [0.15, 0.2) is 4.99 Å². The average molecular weight is 375 g/mol. The Hall–Kier alpha value is -0.180. The van der Waals surface area contributed by atoms with Crippen LogP contribution < -0.4 is 10.6 Å². The number of carbonyl (C=O) groups excluding carboxylic acids is 1. The molecule has 0 aliphatic carbocycles. The van der Waals surface area contributed by atoms with E-state index in [1.165, 1.54) is 7.11 Å². The molecule has 5 nitrogen and oxygen atoms in total. The van der Waals surface area contributed by atoms with Crippen molar-refractivity contribution in [3.63, 3.8) is 0 Å². The highest BCUT2D eigenvalue weighted by atomic mass is 127. The molecule has 0 heterocycles. The van der Waals surface area contributed by atoms with Gasteiger partial charge in [0, 0.05) is 25.9 Å². The van der Waals surface area contributed by atoms with Crippen LogP contribution in [0.3, 0.4) is 0 Å². The summed E-state index contributed by atoms with van der Waals surface area (Å²) in [6, 6.07) is 0. The SMILES string of the molecule is CN=C(NCCSC)NCC(C)C(=O)OC.I. The van der Waals surface area contributed by atoms with Gasteiger partial charge in [-0.3, -0.25) is 9.79 Å². The number of thioether (sulfide) groups is 1. The van der Waals surface area contributed by atoms with Gasteiger partial charge in [0.25, 0.3) is 0 Å². The lowest BCUT2D eigenvalue weighted by Crippen LogP contribution is -2.41. The van der Waals surface area contributed by atoms with Gasteiger partial charge >= 0.3 is 5.97 Å². The molecule has 0 saturated carbocycles. The summed E-state index contributed by atoms with van der Waals surface area (Å²) < 4.78 is 4.63. The van der Waals surface area contributed by atoms with E-state index in [4.69, 9.17) is 0 Å². The molecule has 0 aromatic rings. The van der Waals surface area contributed by atoms with Crippen LogP contribution in [0.1, 0.15) is 6.92 Å². The van der Waals surface area contributed by atoms with Crippen LogP contribution in [0.4, 0.5) is 0 Å². The van der Waals surface area contributed by atoms with Crippen molar-refractivity contribution in [2.75, 3.05) is 39.3 Å². The van der Waals surface area contributed by atoms with Crippen LogP contribution in [-0.2, 0) is 9.53 Å². The number of aliphatic imine (C=N–C) groups is 1. The van der Waals surface area contributed by atoms with Gasteiger partial charge < -0.3 is 15.4 Å². The van der Waals surface area contributed by atoms with E-state index in [1.54, 1.807) is 18.8 Å². The van der Waals surface area contributed by atoms with E-state index in [1.807, 2.05) is 6.92 Å². The molecule has 0 aliphatic heterocycles. The number of ether oxygens (including phenoxy) is 1. The summed E-state index contributed by atoms with van der Waals surface area (Å²) in [5.41, 5.74) is 0. The molecule has 0 saturated heterocycles. The summed E-state index contributed by atoms with van der Waals surface area (Å²) in [6.07, 6.45) is 2.05. The highest BCUT2D eigenvalue weighted by Crippen LogP contribution is 1.94. The maximum Gasteiger partial charge on any atom is 0.310 e. The fraction of sp³-hybridized carbons (Fsp3) is 0.800. The third kappa shape index (κ3) is 9.51. The molecule has 0 fully saturated rings.